The molecule has 0 unspecified atom stereocenters. The maximum absolute atomic E-state index is 12.7. The molecule has 1 amide bonds. The highest BCUT2D eigenvalue weighted by atomic mass is 19.1. The minimum Gasteiger partial charge on any atom is -0.504 e. The van der Waals surface area contributed by atoms with Crippen molar-refractivity contribution in [2.75, 3.05) is 7.11 Å². The van der Waals surface area contributed by atoms with E-state index in [1.807, 2.05) is 0 Å². The number of carbonyl (C=O) groups excluding carboxylic acids is 1. The molecule has 5 nitrogen and oxygen atoms in total. The van der Waals surface area contributed by atoms with Crippen molar-refractivity contribution in [1.29, 1.82) is 0 Å². The van der Waals surface area contributed by atoms with Crippen LogP contribution in [0.2, 0.25) is 0 Å². The van der Waals surface area contributed by atoms with Gasteiger partial charge in [-0.2, -0.15) is 5.10 Å². The topological polar surface area (TPSA) is 70.9 Å². The van der Waals surface area contributed by atoms with Crippen LogP contribution in [0.15, 0.2) is 47.6 Å². The van der Waals surface area contributed by atoms with Gasteiger partial charge in [-0.1, -0.05) is 0 Å². The van der Waals surface area contributed by atoms with Crippen LogP contribution >= 0.6 is 0 Å². The second kappa shape index (κ2) is 6.51. The Labute approximate surface area is 120 Å². The molecule has 0 aliphatic carbocycles. The number of amides is 1. The number of rotatable bonds is 4. The lowest BCUT2D eigenvalue weighted by Crippen LogP contribution is -2.17. The lowest BCUT2D eigenvalue weighted by Gasteiger charge is -2.03. The van der Waals surface area contributed by atoms with Gasteiger partial charge in [0.1, 0.15) is 5.82 Å². The molecular formula is C15H13FN2O3. The zero-order valence-electron chi connectivity index (χ0n) is 11.2. The fourth-order valence-corrected chi connectivity index (χ4v) is 1.62. The van der Waals surface area contributed by atoms with Crippen molar-refractivity contribution in [3.05, 3.63) is 59.4 Å². The Balaban J connectivity index is 2.00. The lowest BCUT2D eigenvalue weighted by molar-refractivity contribution is 0.0955. The van der Waals surface area contributed by atoms with E-state index in [0.29, 0.717) is 16.9 Å². The van der Waals surface area contributed by atoms with Crippen LogP contribution in [0.3, 0.4) is 0 Å². The molecule has 2 aromatic rings. The molecule has 0 radical (unpaired) electrons. The number of ether oxygens (including phenoxy) is 1. The third-order valence-electron chi connectivity index (χ3n) is 2.69. The van der Waals surface area contributed by atoms with Gasteiger partial charge in [0.15, 0.2) is 11.5 Å². The highest BCUT2D eigenvalue weighted by molar-refractivity contribution is 5.94. The number of carbonyl (C=O) groups is 1. The first-order chi connectivity index (χ1) is 10.1. The van der Waals surface area contributed by atoms with Crippen LogP contribution in [-0.4, -0.2) is 24.3 Å². The first-order valence-corrected chi connectivity index (χ1v) is 6.06. The molecule has 0 heterocycles. The standard InChI is InChI=1S/C15H13FN2O3/c1-21-14-7-2-10(8-13(14)19)9-17-18-15(20)11-3-5-12(16)6-4-11/h2-9,19H,1H3,(H,18,20)/b17-9-. The van der Waals surface area contributed by atoms with Crippen molar-refractivity contribution in [2.24, 2.45) is 5.10 Å². The van der Waals surface area contributed by atoms with E-state index in [2.05, 4.69) is 10.5 Å². The summed E-state index contributed by atoms with van der Waals surface area (Å²) in [5.74, 6) is -0.540. The van der Waals surface area contributed by atoms with E-state index in [1.165, 1.54) is 43.7 Å². The van der Waals surface area contributed by atoms with Gasteiger partial charge < -0.3 is 9.84 Å². The van der Waals surface area contributed by atoms with Gasteiger partial charge in [-0.25, -0.2) is 9.82 Å². The number of halogens is 1. The van der Waals surface area contributed by atoms with Crippen molar-refractivity contribution in [2.45, 2.75) is 0 Å². The molecule has 0 aliphatic rings. The van der Waals surface area contributed by atoms with E-state index < -0.39 is 11.7 Å². The van der Waals surface area contributed by atoms with E-state index >= 15 is 0 Å². The van der Waals surface area contributed by atoms with Crippen LogP contribution in [0, 0.1) is 5.82 Å². The maximum atomic E-state index is 12.7. The molecule has 0 bridgehead atoms. The second-order valence-electron chi connectivity index (χ2n) is 4.14. The fourth-order valence-electron chi connectivity index (χ4n) is 1.62. The number of hydrogen-bond acceptors (Lipinski definition) is 4. The molecule has 0 saturated heterocycles. The number of nitrogens with one attached hydrogen (secondary N) is 1. The maximum Gasteiger partial charge on any atom is 0.271 e. The predicted octanol–water partition coefficient (Wildman–Crippen LogP) is 2.30. The molecule has 0 aliphatic heterocycles. The van der Waals surface area contributed by atoms with Crippen LogP contribution in [-0.2, 0) is 0 Å². The summed E-state index contributed by atoms with van der Waals surface area (Å²) in [7, 11) is 1.45. The Morgan fingerprint density at radius 2 is 2.00 bits per heavy atom. The number of nitrogens with zero attached hydrogens (tertiary/aromatic N) is 1. The highest BCUT2D eigenvalue weighted by Gasteiger charge is 2.04. The Bertz CT molecular complexity index is 669. The normalized spacial score (nSPS) is 10.6. The monoisotopic (exact) mass is 288 g/mol. The summed E-state index contributed by atoms with van der Waals surface area (Å²) in [5, 5.41) is 13.4. The minimum absolute atomic E-state index is 0.0219. The predicted molar refractivity (Wildman–Crippen MR) is 76.1 cm³/mol. The molecule has 108 valence electrons. The number of aromatic hydroxyl groups is 1. The number of phenolic OH excluding ortho intramolecular Hbond substituents is 1. The van der Waals surface area contributed by atoms with Gasteiger partial charge in [0, 0.05) is 5.56 Å². The summed E-state index contributed by atoms with van der Waals surface area (Å²) in [6.45, 7) is 0. The van der Waals surface area contributed by atoms with Gasteiger partial charge >= 0.3 is 0 Å². The quantitative estimate of drug-likeness (QED) is 0.670. The van der Waals surface area contributed by atoms with Crippen LogP contribution < -0.4 is 10.2 Å². The molecule has 0 atom stereocenters. The minimum atomic E-state index is -0.455. The summed E-state index contributed by atoms with van der Waals surface area (Å²) in [4.78, 5) is 11.7. The van der Waals surface area contributed by atoms with Crippen molar-refractivity contribution in [3.8, 4) is 11.5 Å². The second-order valence-corrected chi connectivity index (χ2v) is 4.14. The molecule has 21 heavy (non-hydrogen) atoms. The first kappa shape index (κ1) is 14.5. The van der Waals surface area contributed by atoms with E-state index in [-0.39, 0.29) is 5.75 Å². The number of hydrazone groups is 1. The summed E-state index contributed by atoms with van der Waals surface area (Å²) < 4.78 is 17.6. The zero-order chi connectivity index (χ0) is 15.2. The number of methoxy groups -OCH3 is 1. The van der Waals surface area contributed by atoms with Gasteiger partial charge in [0.05, 0.1) is 13.3 Å². The molecule has 0 spiro atoms. The third kappa shape index (κ3) is 3.79. The first-order valence-electron chi connectivity index (χ1n) is 6.06. The molecule has 0 aromatic heterocycles. The van der Waals surface area contributed by atoms with Gasteiger partial charge in [-0.15, -0.1) is 0 Å². The van der Waals surface area contributed by atoms with Crippen LogP contribution in [0.4, 0.5) is 4.39 Å². The lowest BCUT2D eigenvalue weighted by atomic mass is 10.2. The average molecular weight is 288 g/mol. The van der Waals surface area contributed by atoms with Crippen LogP contribution in [0.25, 0.3) is 0 Å². The van der Waals surface area contributed by atoms with E-state index in [9.17, 15) is 14.3 Å². The summed E-state index contributed by atoms with van der Waals surface area (Å²) >= 11 is 0. The molecule has 0 saturated carbocycles. The Hall–Kier alpha value is -2.89. The summed E-state index contributed by atoms with van der Waals surface area (Å²) in [5.41, 5.74) is 3.20. The van der Waals surface area contributed by atoms with Crippen LogP contribution in [0.5, 0.6) is 11.5 Å². The number of phenols is 1. The summed E-state index contributed by atoms with van der Waals surface area (Å²) in [6, 6.07) is 9.82. The third-order valence-corrected chi connectivity index (χ3v) is 2.69. The highest BCUT2D eigenvalue weighted by Crippen LogP contribution is 2.25. The van der Waals surface area contributed by atoms with E-state index in [4.69, 9.17) is 4.74 Å². The van der Waals surface area contributed by atoms with Crippen LogP contribution in [0.1, 0.15) is 15.9 Å². The van der Waals surface area contributed by atoms with Gasteiger partial charge in [0.2, 0.25) is 0 Å². The Kier molecular flexibility index (Phi) is 4.50. The largest absolute Gasteiger partial charge is 0.504 e. The Morgan fingerprint density at radius 3 is 2.62 bits per heavy atom. The van der Waals surface area contributed by atoms with Gasteiger partial charge in [-0.3, -0.25) is 4.79 Å². The number of hydrogen-bond donors (Lipinski definition) is 2. The van der Waals surface area contributed by atoms with Crippen molar-refractivity contribution >= 4 is 12.1 Å². The number of benzene rings is 2. The SMILES string of the molecule is COc1ccc(/C=N\NC(=O)c2ccc(F)cc2)cc1O. The van der Waals surface area contributed by atoms with Crippen molar-refractivity contribution < 1.29 is 19.0 Å². The molecule has 2 aromatic carbocycles. The smallest absolute Gasteiger partial charge is 0.271 e. The zero-order valence-corrected chi connectivity index (χ0v) is 11.2. The van der Waals surface area contributed by atoms with E-state index in [0.717, 1.165) is 0 Å². The van der Waals surface area contributed by atoms with Gasteiger partial charge in [0.25, 0.3) is 5.91 Å². The van der Waals surface area contributed by atoms with Crippen molar-refractivity contribution in [1.82, 2.24) is 5.43 Å². The van der Waals surface area contributed by atoms with Crippen molar-refractivity contribution in [3.63, 3.8) is 0 Å². The molecule has 0 fully saturated rings. The Morgan fingerprint density at radius 1 is 1.29 bits per heavy atom. The van der Waals surface area contributed by atoms with E-state index in [1.54, 1.807) is 12.1 Å². The molecule has 6 heteroatoms. The van der Waals surface area contributed by atoms with Gasteiger partial charge in [-0.05, 0) is 48.0 Å². The average Bonchev–Trinajstić information content (AvgIpc) is 2.48. The molecular weight excluding hydrogens is 275 g/mol. The summed E-state index contributed by atoms with van der Waals surface area (Å²) in [6.07, 6.45) is 1.38. The molecule has 2 N–H and O–H groups in total. The molecule has 2 rings (SSSR count). The fraction of sp³-hybridized carbons (Fsp3) is 0.0667.